The molecule has 0 unspecified atom stereocenters. The van der Waals surface area contributed by atoms with Crippen molar-refractivity contribution in [3.8, 4) is 0 Å². The Labute approximate surface area is 180 Å². The molecule has 1 aliphatic heterocycles. The van der Waals surface area contributed by atoms with Gasteiger partial charge in [-0.05, 0) is 30.3 Å². The van der Waals surface area contributed by atoms with Crippen LogP contribution < -0.4 is 10.0 Å². The van der Waals surface area contributed by atoms with Crippen LogP contribution in [-0.2, 0) is 14.8 Å². The summed E-state index contributed by atoms with van der Waals surface area (Å²) in [6, 6.07) is 13.7. The monoisotopic (exact) mass is 450 g/mol. The molecule has 1 heterocycles. The Kier molecular flexibility index (Phi) is 6.96. The Morgan fingerprint density at radius 3 is 2.33 bits per heavy atom. The molecule has 2 N–H and O–H groups in total. The summed E-state index contributed by atoms with van der Waals surface area (Å²) < 4.78 is 25.3. The first-order valence-electron chi connectivity index (χ1n) is 9.35. The molecule has 3 rings (SSSR count). The lowest BCUT2D eigenvalue weighted by atomic mass is 10.1. The number of piperazine rings is 1. The number of nitrogens with zero attached hydrogens (tertiary/aromatic N) is 2. The van der Waals surface area contributed by atoms with Gasteiger partial charge >= 0.3 is 0 Å². The van der Waals surface area contributed by atoms with E-state index in [1.54, 1.807) is 11.0 Å². The van der Waals surface area contributed by atoms with E-state index < -0.39 is 10.0 Å². The van der Waals surface area contributed by atoms with Gasteiger partial charge in [-0.15, -0.1) is 0 Å². The molecule has 160 valence electrons. The molecule has 0 spiro atoms. The van der Waals surface area contributed by atoms with E-state index in [0.717, 1.165) is 11.9 Å². The van der Waals surface area contributed by atoms with E-state index in [1.807, 2.05) is 35.2 Å². The van der Waals surface area contributed by atoms with Gasteiger partial charge in [-0.2, -0.15) is 0 Å². The lowest BCUT2D eigenvalue weighted by Gasteiger charge is -2.34. The second kappa shape index (κ2) is 9.46. The molecular weight excluding hydrogens is 428 g/mol. The molecule has 2 aromatic rings. The van der Waals surface area contributed by atoms with E-state index >= 15 is 0 Å². The minimum absolute atomic E-state index is 0.102. The SMILES string of the molecule is CS(=O)(=O)Nc1cc(C(=O)N2CCN(CC(=O)Nc3ccccc3)CC2)ccc1Cl. The topological polar surface area (TPSA) is 98.8 Å². The summed E-state index contributed by atoms with van der Waals surface area (Å²) in [4.78, 5) is 28.7. The van der Waals surface area contributed by atoms with Crippen LogP contribution >= 0.6 is 11.6 Å². The predicted molar refractivity (Wildman–Crippen MR) is 117 cm³/mol. The Hall–Kier alpha value is -2.62. The van der Waals surface area contributed by atoms with Gasteiger partial charge in [0.2, 0.25) is 15.9 Å². The van der Waals surface area contributed by atoms with Crippen LogP contribution in [0.4, 0.5) is 11.4 Å². The summed E-state index contributed by atoms with van der Waals surface area (Å²) in [5.41, 5.74) is 1.26. The van der Waals surface area contributed by atoms with Gasteiger partial charge in [0.25, 0.3) is 5.91 Å². The van der Waals surface area contributed by atoms with E-state index in [9.17, 15) is 18.0 Å². The number of amides is 2. The van der Waals surface area contributed by atoms with Crippen LogP contribution in [-0.4, -0.2) is 69.0 Å². The van der Waals surface area contributed by atoms with Crippen LogP contribution in [0.1, 0.15) is 10.4 Å². The molecule has 8 nitrogen and oxygen atoms in total. The molecule has 0 saturated carbocycles. The summed E-state index contributed by atoms with van der Waals surface area (Å²) in [5.74, 6) is -0.313. The first kappa shape index (κ1) is 22.1. The first-order valence-corrected chi connectivity index (χ1v) is 11.6. The quantitative estimate of drug-likeness (QED) is 0.702. The Bertz CT molecular complexity index is 1020. The van der Waals surface area contributed by atoms with E-state index in [0.29, 0.717) is 31.7 Å². The predicted octanol–water partition coefficient (Wildman–Crippen LogP) is 2.11. The van der Waals surface area contributed by atoms with Crippen molar-refractivity contribution in [1.82, 2.24) is 9.80 Å². The third-order valence-corrected chi connectivity index (χ3v) is 5.51. The number of carbonyl (C=O) groups excluding carboxylic acids is 2. The van der Waals surface area contributed by atoms with Crippen molar-refractivity contribution in [2.24, 2.45) is 0 Å². The second-order valence-corrected chi connectivity index (χ2v) is 9.21. The largest absolute Gasteiger partial charge is 0.336 e. The standard InChI is InChI=1S/C20H23ClN4O4S/c1-30(28,29)23-18-13-15(7-8-17(18)21)20(27)25-11-9-24(10-12-25)14-19(26)22-16-5-3-2-4-6-16/h2-8,13,23H,9-12,14H2,1H3,(H,22,26). The first-order chi connectivity index (χ1) is 14.2. The van der Waals surface area contributed by atoms with E-state index in [1.165, 1.54) is 12.1 Å². The average Bonchev–Trinajstić information content (AvgIpc) is 2.69. The van der Waals surface area contributed by atoms with Crippen LogP contribution in [0.5, 0.6) is 0 Å². The van der Waals surface area contributed by atoms with Crippen molar-refractivity contribution in [2.75, 3.05) is 49.0 Å². The number of rotatable bonds is 6. The lowest BCUT2D eigenvalue weighted by molar-refractivity contribution is -0.117. The highest BCUT2D eigenvalue weighted by Gasteiger charge is 2.24. The summed E-state index contributed by atoms with van der Waals surface area (Å²) >= 11 is 6.02. The van der Waals surface area contributed by atoms with E-state index in [-0.39, 0.29) is 29.1 Å². The highest BCUT2D eigenvalue weighted by Crippen LogP contribution is 2.25. The zero-order chi connectivity index (χ0) is 21.7. The van der Waals surface area contributed by atoms with E-state index in [2.05, 4.69) is 10.0 Å². The highest BCUT2D eigenvalue weighted by atomic mass is 35.5. The molecule has 0 radical (unpaired) electrons. The molecule has 1 saturated heterocycles. The van der Waals surface area contributed by atoms with Gasteiger partial charge in [0.15, 0.2) is 0 Å². The number of nitrogens with one attached hydrogen (secondary N) is 2. The van der Waals surface area contributed by atoms with Gasteiger partial charge in [-0.1, -0.05) is 29.8 Å². The number of sulfonamides is 1. The van der Waals surface area contributed by atoms with Gasteiger partial charge in [0, 0.05) is 37.4 Å². The summed E-state index contributed by atoms with van der Waals surface area (Å²) in [5, 5.41) is 3.06. The van der Waals surface area contributed by atoms with Crippen molar-refractivity contribution < 1.29 is 18.0 Å². The zero-order valence-corrected chi connectivity index (χ0v) is 18.0. The third-order valence-electron chi connectivity index (χ3n) is 4.59. The zero-order valence-electron chi connectivity index (χ0n) is 16.5. The molecule has 2 amide bonds. The summed E-state index contributed by atoms with van der Waals surface area (Å²) in [7, 11) is -3.51. The Balaban J connectivity index is 1.55. The summed E-state index contributed by atoms with van der Waals surface area (Å²) in [6.45, 7) is 2.32. The minimum Gasteiger partial charge on any atom is -0.336 e. The van der Waals surface area contributed by atoms with Gasteiger partial charge < -0.3 is 10.2 Å². The number of carbonyl (C=O) groups is 2. The van der Waals surface area contributed by atoms with E-state index in [4.69, 9.17) is 11.6 Å². The fraction of sp³-hybridized carbons (Fsp3) is 0.300. The number of benzene rings is 2. The lowest BCUT2D eigenvalue weighted by Crippen LogP contribution is -2.50. The molecule has 0 aliphatic carbocycles. The van der Waals surface area contributed by atoms with Gasteiger partial charge in [0.05, 0.1) is 23.5 Å². The van der Waals surface area contributed by atoms with Crippen LogP contribution in [0.15, 0.2) is 48.5 Å². The van der Waals surface area contributed by atoms with Crippen LogP contribution in [0.2, 0.25) is 5.02 Å². The van der Waals surface area contributed by atoms with Crippen LogP contribution in [0.25, 0.3) is 0 Å². The Morgan fingerprint density at radius 2 is 1.70 bits per heavy atom. The average molecular weight is 451 g/mol. The summed E-state index contributed by atoms with van der Waals surface area (Å²) in [6.07, 6.45) is 1.02. The maximum absolute atomic E-state index is 12.8. The number of halogens is 1. The van der Waals surface area contributed by atoms with Crippen molar-refractivity contribution in [3.63, 3.8) is 0 Å². The smallest absolute Gasteiger partial charge is 0.254 e. The maximum atomic E-state index is 12.8. The molecule has 2 aromatic carbocycles. The maximum Gasteiger partial charge on any atom is 0.254 e. The third kappa shape index (κ3) is 6.19. The van der Waals surface area contributed by atoms with Crippen molar-refractivity contribution in [2.45, 2.75) is 0 Å². The molecule has 30 heavy (non-hydrogen) atoms. The van der Waals surface area contributed by atoms with Gasteiger partial charge in [-0.3, -0.25) is 19.2 Å². The molecule has 0 aromatic heterocycles. The van der Waals surface area contributed by atoms with Gasteiger partial charge in [-0.25, -0.2) is 8.42 Å². The fourth-order valence-corrected chi connectivity index (χ4v) is 3.94. The number of anilines is 2. The fourth-order valence-electron chi connectivity index (χ4n) is 3.15. The van der Waals surface area contributed by atoms with Gasteiger partial charge in [0.1, 0.15) is 0 Å². The molecule has 0 atom stereocenters. The van der Waals surface area contributed by atoms with Crippen molar-refractivity contribution in [3.05, 3.63) is 59.1 Å². The molecular formula is C20H23ClN4O4S. The molecule has 10 heteroatoms. The molecule has 1 aliphatic rings. The Morgan fingerprint density at radius 1 is 1.03 bits per heavy atom. The molecule has 1 fully saturated rings. The van der Waals surface area contributed by atoms with Crippen LogP contribution in [0, 0.1) is 0 Å². The minimum atomic E-state index is -3.51. The van der Waals surface area contributed by atoms with Crippen molar-refractivity contribution >= 4 is 44.8 Å². The molecule has 0 bridgehead atoms. The number of hydrogen-bond acceptors (Lipinski definition) is 5. The number of para-hydroxylation sites is 1. The number of hydrogen-bond donors (Lipinski definition) is 2. The highest BCUT2D eigenvalue weighted by molar-refractivity contribution is 7.92. The normalized spacial score (nSPS) is 14.9. The van der Waals surface area contributed by atoms with Crippen molar-refractivity contribution in [1.29, 1.82) is 0 Å². The second-order valence-electron chi connectivity index (χ2n) is 7.05. The van der Waals surface area contributed by atoms with Crippen LogP contribution in [0.3, 0.4) is 0 Å².